The topological polar surface area (TPSA) is 93.0 Å². The molecule has 3 heterocycles. The number of benzene rings is 2. The van der Waals surface area contributed by atoms with Crippen molar-refractivity contribution in [3.8, 4) is 5.75 Å². The number of hydrogen-bond donors (Lipinski definition) is 0. The van der Waals surface area contributed by atoms with Gasteiger partial charge in [-0.2, -0.15) is 4.31 Å². The Balaban J connectivity index is 1.48. The van der Waals surface area contributed by atoms with Gasteiger partial charge in [0, 0.05) is 18.2 Å². The Labute approximate surface area is 230 Å². The van der Waals surface area contributed by atoms with Crippen LogP contribution in [-0.4, -0.2) is 43.3 Å². The first kappa shape index (κ1) is 26.7. The number of halogens is 1. The summed E-state index contributed by atoms with van der Waals surface area (Å²) >= 11 is 7.69. The van der Waals surface area contributed by atoms with E-state index in [1.54, 1.807) is 54.1 Å². The molecule has 0 saturated carbocycles. The molecule has 1 saturated heterocycles. The first-order valence-electron chi connectivity index (χ1n) is 12.4. The molecule has 0 radical (unpaired) electrons. The number of fused-ring (bicyclic) bond motifs is 1. The van der Waals surface area contributed by atoms with Gasteiger partial charge in [-0.15, -0.1) is 0 Å². The number of rotatable bonds is 8. The van der Waals surface area contributed by atoms with Gasteiger partial charge < -0.3 is 9.15 Å². The molecule has 4 aromatic rings. The summed E-state index contributed by atoms with van der Waals surface area (Å²) in [5.74, 6) is 0.782. The molecule has 0 N–H and O–H groups in total. The highest BCUT2D eigenvalue weighted by Gasteiger charge is 2.33. The third-order valence-corrected chi connectivity index (χ3v) is 10.3. The van der Waals surface area contributed by atoms with Crippen molar-refractivity contribution in [2.24, 2.45) is 0 Å². The fourth-order valence-corrected chi connectivity index (χ4v) is 7.79. The molecular weight excluding hydrogens is 546 g/mol. The number of furan rings is 1. The van der Waals surface area contributed by atoms with E-state index in [1.807, 2.05) is 6.92 Å². The lowest BCUT2D eigenvalue weighted by Crippen LogP contribution is -2.43. The number of carbonyl (C=O) groups excluding carboxylic acids is 1. The van der Waals surface area contributed by atoms with Crippen molar-refractivity contribution in [2.75, 3.05) is 18.6 Å². The molecule has 1 atom stereocenters. The van der Waals surface area contributed by atoms with Gasteiger partial charge in [0.15, 0.2) is 5.13 Å². The second-order valence-corrected chi connectivity index (χ2v) is 12.4. The lowest BCUT2D eigenvalue weighted by molar-refractivity contribution is 0.0983. The minimum Gasteiger partial charge on any atom is -0.494 e. The zero-order valence-corrected chi connectivity index (χ0v) is 23.5. The zero-order valence-electron chi connectivity index (χ0n) is 21.1. The van der Waals surface area contributed by atoms with Gasteiger partial charge in [-0.25, -0.2) is 13.4 Å². The van der Waals surface area contributed by atoms with Crippen molar-refractivity contribution in [2.45, 2.75) is 50.1 Å². The first-order valence-corrected chi connectivity index (χ1v) is 15.1. The lowest BCUT2D eigenvalue weighted by Gasteiger charge is -2.34. The van der Waals surface area contributed by atoms with E-state index in [2.05, 4.69) is 4.98 Å². The van der Waals surface area contributed by atoms with Crippen molar-refractivity contribution in [3.63, 3.8) is 0 Å². The van der Waals surface area contributed by atoms with Crippen molar-refractivity contribution in [1.82, 2.24) is 9.29 Å². The Morgan fingerprint density at radius 1 is 1.21 bits per heavy atom. The molecule has 38 heavy (non-hydrogen) atoms. The van der Waals surface area contributed by atoms with Crippen molar-refractivity contribution < 1.29 is 22.4 Å². The fourth-order valence-electron chi connectivity index (χ4n) is 4.77. The number of ether oxygens (including phenoxy) is 1. The van der Waals surface area contributed by atoms with E-state index in [0.717, 1.165) is 25.7 Å². The van der Waals surface area contributed by atoms with Gasteiger partial charge >= 0.3 is 0 Å². The second-order valence-electron chi connectivity index (χ2n) is 9.09. The summed E-state index contributed by atoms with van der Waals surface area (Å²) in [6.45, 7) is 2.67. The van der Waals surface area contributed by atoms with Crippen molar-refractivity contribution in [3.05, 3.63) is 71.1 Å². The lowest BCUT2D eigenvalue weighted by atomic mass is 10.0. The van der Waals surface area contributed by atoms with Gasteiger partial charge in [0.2, 0.25) is 10.0 Å². The monoisotopic (exact) mass is 573 g/mol. The van der Waals surface area contributed by atoms with Crippen LogP contribution >= 0.6 is 22.9 Å². The number of thiazole rings is 1. The van der Waals surface area contributed by atoms with Crippen molar-refractivity contribution in [1.29, 1.82) is 0 Å². The van der Waals surface area contributed by atoms with Crippen LogP contribution in [0.25, 0.3) is 10.2 Å². The number of amides is 1. The molecule has 11 heteroatoms. The highest BCUT2D eigenvalue weighted by atomic mass is 35.5. The number of carbonyl (C=O) groups is 1. The third-order valence-electron chi connectivity index (χ3n) is 6.79. The summed E-state index contributed by atoms with van der Waals surface area (Å²) in [6, 6.07) is 13.1. The molecule has 5 rings (SSSR count). The van der Waals surface area contributed by atoms with Gasteiger partial charge in [-0.05, 0) is 67.8 Å². The van der Waals surface area contributed by atoms with Crippen LogP contribution in [0.2, 0.25) is 5.02 Å². The average molecular weight is 574 g/mol. The summed E-state index contributed by atoms with van der Waals surface area (Å²) in [5, 5.41) is 0.927. The van der Waals surface area contributed by atoms with Crippen LogP contribution < -0.4 is 9.64 Å². The highest BCUT2D eigenvalue weighted by Crippen LogP contribution is 2.39. The number of sulfonamides is 1. The average Bonchev–Trinajstić information content (AvgIpc) is 3.62. The molecule has 1 aliphatic heterocycles. The highest BCUT2D eigenvalue weighted by molar-refractivity contribution is 7.89. The van der Waals surface area contributed by atoms with Crippen molar-refractivity contribution >= 4 is 54.2 Å². The Morgan fingerprint density at radius 3 is 2.68 bits per heavy atom. The summed E-state index contributed by atoms with van der Waals surface area (Å²) in [6.07, 6.45) is 5.07. The second kappa shape index (κ2) is 11.1. The molecule has 0 bridgehead atoms. The van der Waals surface area contributed by atoms with Crippen LogP contribution in [0, 0.1) is 0 Å². The quantitative estimate of drug-likeness (QED) is 0.244. The molecular formula is C27H28ClN3O5S2. The maximum absolute atomic E-state index is 13.8. The molecule has 200 valence electrons. The van der Waals surface area contributed by atoms with Crippen LogP contribution in [0.15, 0.2) is 64.1 Å². The summed E-state index contributed by atoms with van der Waals surface area (Å²) in [5.41, 5.74) is 0.893. The molecule has 8 nitrogen and oxygen atoms in total. The minimum atomic E-state index is -3.65. The van der Waals surface area contributed by atoms with Crippen LogP contribution in [0.5, 0.6) is 5.75 Å². The number of piperidine rings is 1. The SMILES string of the molecule is CCC1CCCCN1S(=O)(=O)c1ccc(C(=O)N(Cc2ccco2)c2nc3c(OC)ccc(Cl)c3s2)cc1. The van der Waals surface area contributed by atoms with Gasteiger partial charge in [0.25, 0.3) is 5.91 Å². The maximum Gasteiger partial charge on any atom is 0.260 e. The number of methoxy groups -OCH3 is 1. The number of aromatic nitrogens is 1. The number of anilines is 1. The Bertz CT molecular complexity index is 1530. The fraction of sp³-hybridized carbons (Fsp3) is 0.333. The van der Waals surface area contributed by atoms with E-state index >= 15 is 0 Å². The molecule has 1 aliphatic rings. The Hall–Kier alpha value is -2.92. The first-order chi connectivity index (χ1) is 18.3. The van der Waals surface area contributed by atoms with Crippen LogP contribution in [-0.2, 0) is 16.6 Å². The van der Waals surface area contributed by atoms with Gasteiger partial charge in [-0.3, -0.25) is 9.69 Å². The number of nitrogens with zero attached hydrogens (tertiary/aromatic N) is 3. The standard InChI is InChI=1S/C27H28ClN3O5S2/c1-3-19-7-4-5-15-31(19)38(33,34)21-11-9-18(10-12-21)26(32)30(17-20-8-6-16-36-20)27-29-24-23(35-2)14-13-22(28)25(24)37-27/h6,8-14,16,19H,3-5,7,15,17H2,1-2H3. The van der Waals surface area contributed by atoms with Crippen LogP contribution in [0.3, 0.4) is 0 Å². The predicted molar refractivity (Wildman–Crippen MR) is 149 cm³/mol. The van der Waals surface area contributed by atoms with Gasteiger partial charge in [0.1, 0.15) is 17.0 Å². The molecule has 0 aliphatic carbocycles. The van der Waals surface area contributed by atoms with E-state index in [1.165, 1.54) is 28.4 Å². The van der Waals surface area contributed by atoms with Crippen LogP contribution in [0.4, 0.5) is 5.13 Å². The van der Waals surface area contributed by atoms with E-state index in [0.29, 0.717) is 44.0 Å². The molecule has 0 spiro atoms. The molecule has 2 aromatic heterocycles. The van der Waals surface area contributed by atoms with E-state index in [9.17, 15) is 13.2 Å². The molecule has 1 unspecified atom stereocenters. The number of hydrogen-bond acceptors (Lipinski definition) is 7. The molecule has 1 fully saturated rings. The Kier molecular flexibility index (Phi) is 7.76. The largest absolute Gasteiger partial charge is 0.494 e. The summed E-state index contributed by atoms with van der Waals surface area (Å²) < 4.78 is 40.0. The maximum atomic E-state index is 13.8. The van der Waals surface area contributed by atoms with E-state index in [-0.39, 0.29) is 23.4 Å². The zero-order chi connectivity index (χ0) is 26.9. The van der Waals surface area contributed by atoms with E-state index < -0.39 is 10.0 Å². The predicted octanol–water partition coefficient (Wildman–Crippen LogP) is 6.35. The summed E-state index contributed by atoms with van der Waals surface area (Å²) in [4.78, 5) is 20.1. The van der Waals surface area contributed by atoms with Gasteiger partial charge in [-0.1, -0.05) is 36.3 Å². The summed E-state index contributed by atoms with van der Waals surface area (Å²) in [7, 11) is -2.10. The molecule has 2 aromatic carbocycles. The van der Waals surface area contributed by atoms with Crippen LogP contribution in [0.1, 0.15) is 48.7 Å². The smallest absolute Gasteiger partial charge is 0.260 e. The van der Waals surface area contributed by atoms with E-state index in [4.69, 9.17) is 20.8 Å². The third kappa shape index (κ3) is 5.05. The minimum absolute atomic E-state index is 0.00157. The Morgan fingerprint density at radius 2 is 2.00 bits per heavy atom. The molecule has 1 amide bonds. The normalized spacial score (nSPS) is 16.6. The van der Waals surface area contributed by atoms with Gasteiger partial charge in [0.05, 0.1) is 34.5 Å².